The Labute approximate surface area is 91.3 Å². The molecular formula is C11H21N3O. The van der Waals surface area contributed by atoms with E-state index in [4.69, 9.17) is 5.11 Å². The molecule has 0 aliphatic carbocycles. The van der Waals surface area contributed by atoms with Gasteiger partial charge in [0.15, 0.2) is 0 Å². The molecule has 2 N–H and O–H groups in total. The van der Waals surface area contributed by atoms with Crippen molar-refractivity contribution >= 4 is 0 Å². The topological polar surface area (TPSA) is 50.1 Å². The zero-order chi connectivity index (χ0) is 11.3. The molecule has 4 heteroatoms. The number of aliphatic hydroxyl groups excluding tert-OH is 1. The first-order valence-electron chi connectivity index (χ1n) is 5.55. The van der Waals surface area contributed by atoms with Crippen LogP contribution in [0.25, 0.3) is 0 Å². The van der Waals surface area contributed by atoms with Gasteiger partial charge in [-0.3, -0.25) is 4.68 Å². The fourth-order valence-corrected chi connectivity index (χ4v) is 1.54. The van der Waals surface area contributed by atoms with Crippen molar-refractivity contribution in [3.05, 3.63) is 17.5 Å². The van der Waals surface area contributed by atoms with Crippen LogP contribution in [0.1, 0.15) is 31.7 Å². The number of nitrogens with one attached hydrogen (secondary N) is 1. The number of nitrogens with zero attached hydrogens (tertiary/aromatic N) is 2. The van der Waals surface area contributed by atoms with Crippen LogP contribution in [0.3, 0.4) is 0 Å². The first-order chi connectivity index (χ1) is 7.13. The molecule has 1 heterocycles. The average Bonchev–Trinajstić information content (AvgIpc) is 2.53. The summed E-state index contributed by atoms with van der Waals surface area (Å²) < 4.78 is 2.00. The lowest BCUT2D eigenvalue weighted by Crippen LogP contribution is -2.20. The maximum atomic E-state index is 9.10. The van der Waals surface area contributed by atoms with Crippen LogP contribution in [0.2, 0.25) is 0 Å². The molecule has 0 aromatic carbocycles. The predicted octanol–water partition coefficient (Wildman–Crippen LogP) is 1.07. The van der Waals surface area contributed by atoms with E-state index >= 15 is 0 Å². The highest BCUT2D eigenvalue weighted by molar-refractivity contribution is 5.08. The molecule has 1 aromatic heterocycles. The molecule has 0 aliphatic heterocycles. The summed E-state index contributed by atoms with van der Waals surface area (Å²) in [6.07, 6.45) is 0.564. The Morgan fingerprint density at radius 1 is 1.60 bits per heavy atom. The van der Waals surface area contributed by atoms with E-state index in [1.165, 1.54) is 5.69 Å². The van der Waals surface area contributed by atoms with Gasteiger partial charge >= 0.3 is 0 Å². The van der Waals surface area contributed by atoms with E-state index in [1.807, 2.05) is 18.5 Å². The average molecular weight is 211 g/mol. The first kappa shape index (κ1) is 12.2. The summed E-state index contributed by atoms with van der Waals surface area (Å²) in [5.41, 5.74) is 2.27. The molecule has 86 valence electrons. The fourth-order valence-electron chi connectivity index (χ4n) is 1.54. The highest BCUT2D eigenvalue weighted by Crippen LogP contribution is 2.03. The molecule has 0 saturated heterocycles. The van der Waals surface area contributed by atoms with Gasteiger partial charge in [0.2, 0.25) is 0 Å². The zero-order valence-electron chi connectivity index (χ0n) is 9.82. The highest BCUT2D eigenvalue weighted by Gasteiger charge is 2.03. The van der Waals surface area contributed by atoms with Crippen molar-refractivity contribution in [2.24, 2.45) is 0 Å². The predicted molar refractivity (Wildman–Crippen MR) is 60.6 cm³/mol. The Bertz CT molecular complexity index is 294. The van der Waals surface area contributed by atoms with Gasteiger partial charge in [0.05, 0.1) is 17.5 Å². The number of hydrogen-bond donors (Lipinski definition) is 2. The van der Waals surface area contributed by atoms with Crippen molar-refractivity contribution in [3.63, 3.8) is 0 Å². The van der Waals surface area contributed by atoms with Crippen LogP contribution in [-0.2, 0) is 13.1 Å². The molecule has 1 aromatic rings. The Morgan fingerprint density at radius 2 is 2.33 bits per heavy atom. The quantitative estimate of drug-likeness (QED) is 0.692. The summed E-state index contributed by atoms with van der Waals surface area (Å²) in [5.74, 6) is 0. The van der Waals surface area contributed by atoms with Gasteiger partial charge in [-0.25, -0.2) is 0 Å². The van der Waals surface area contributed by atoms with E-state index in [1.54, 1.807) is 0 Å². The second kappa shape index (κ2) is 5.88. The molecule has 0 saturated carbocycles. The van der Waals surface area contributed by atoms with Crippen molar-refractivity contribution in [3.8, 4) is 0 Å². The maximum absolute atomic E-state index is 9.10. The number of aliphatic hydroxyl groups is 1. The van der Waals surface area contributed by atoms with Gasteiger partial charge in [0.25, 0.3) is 0 Å². The van der Waals surface area contributed by atoms with E-state index in [2.05, 4.69) is 23.4 Å². The molecule has 1 atom stereocenters. The third-order valence-electron chi connectivity index (χ3n) is 2.33. The molecule has 0 radical (unpaired) electrons. The Hall–Kier alpha value is -0.870. The normalized spacial score (nSPS) is 13.1. The molecule has 0 bridgehead atoms. The second-order valence-electron chi connectivity index (χ2n) is 3.91. The largest absolute Gasteiger partial charge is 0.393 e. The van der Waals surface area contributed by atoms with Crippen LogP contribution in [-0.4, -0.2) is 27.5 Å². The van der Waals surface area contributed by atoms with Crippen molar-refractivity contribution in [2.75, 3.05) is 6.54 Å². The van der Waals surface area contributed by atoms with Crippen LogP contribution in [0, 0.1) is 6.92 Å². The molecule has 1 unspecified atom stereocenters. The number of aryl methyl sites for hydroxylation is 2. The Morgan fingerprint density at radius 3 is 2.93 bits per heavy atom. The SMILES string of the molecule is CCn1nc(C)cc1CNCCC(C)O. The van der Waals surface area contributed by atoms with E-state index in [0.29, 0.717) is 0 Å². The maximum Gasteiger partial charge on any atom is 0.0597 e. The van der Waals surface area contributed by atoms with E-state index < -0.39 is 0 Å². The summed E-state index contributed by atoms with van der Waals surface area (Å²) in [4.78, 5) is 0. The highest BCUT2D eigenvalue weighted by atomic mass is 16.3. The molecule has 0 fully saturated rings. The van der Waals surface area contributed by atoms with E-state index in [9.17, 15) is 0 Å². The van der Waals surface area contributed by atoms with Gasteiger partial charge in [-0.1, -0.05) is 0 Å². The Balaban J connectivity index is 2.36. The molecule has 0 amide bonds. The lowest BCUT2D eigenvalue weighted by molar-refractivity contribution is 0.183. The number of rotatable bonds is 6. The lowest BCUT2D eigenvalue weighted by atomic mass is 10.3. The summed E-state index contributed by atoms with van der Waals surface area (Å²) >= 11 is 0. The van der Waals surface area contributed by atoms with Crippen LogP contribution < -0.4 is 5.32 Å². The smallest absolute Gasteiger partial charge is 0.0597 e. The van der Waals surface area contributed by atoms with Crippen LogP contribution in [0.15, 0.2) is 6.07 Å². The fraction of sp³-hybridized carbons (Fsp3) is 0.727. The van der Waals surface area contributed by atoms with Crippen molar-refractivity contribution < 1.29 is 5.11 Å². The third kappa shape index (κ3) is 4.01. The van der Waals surface area contributed by atoms with Gasteiger partial charge < -0.3 is 10.4 Å². The van der Waals surface area contributed by atoms with Crippen molar-refractivity contribution in [1.29, 1.82) is 0 Å². The zero-order valence-corrected chi connectivity index (χ0v) is 9.82. The van der Waals surface area contributed by atoms with Crippen molar-refractivity contribution in [2.45, 2.75) is 46.4 Å². The number of aromatic nitrogens is 2. The van der Waals surface area contributed by atoms with E-state index in [0.717, 1.165) is 31.7 Å². The second-order valence-corrected chi connectivity index (χ2v) is 3.91. The molecule has 0 spiro atoms. The Kier molecular flexibility index (Phi) is 4.78. The van der Waals surface area contributed by atoms with Gasteiger partial charge in [-0.2, -0.15) is 5.10 Å². The van der Waals surface area contributed by atoms with Crippen molar-refractivity contribution in [1.82, 2.24) is 15.1 Å². The van der Waals surface area contributed by atoms with Gasteiger partial charge in [-0.15, -0.1) is 0 Å². The minimum absolute atomic E-state index is 0.227. The summed E-state index contributed by atoms with van der Waals surface area (Å²) in [5, 5.41) is 16.8. The van der Waals surface area contributed by atoms with Crippen LogP contribution in [0.5, 0.6) is 0 Å². The van der Waals surface area contributed by atoms with E-state index in [-0.39, 0.29) is 6.10 Å². The summed E-state index contributed by atoms with van der Waals surface area (Å²) in [7, 11) is 0. The molecule has 15 heavy (non-hydrogen) atoms. The van der Waals surface area contributed by atoms with Gasteiger partial charge in [0, 0.05) is 13.1 Å². The van der Waals surface area contributed by atoms with Gasteiger partial charge in [-0.05, 0) is 39.8 Å². The molecular weight excluding hydrogens is 190 g/mol. The standard InChI is InChI=1S/C11H21N3O/c1-4-14-11(7-9(2)13-14)8-12-6-5-10(3)15/h7,10,12,15H,4-6,8H2,1-3H3. The summed E-state index contributed by atoms with van der Waals surface area (Å²) in [6.45, 7) is 8.47. The minimum atomic E-state index is -0.227. The number of hydrogen-bond acceptors (Lipinski definition) is 3. The van der Waals surface area contributed by atoms with Crippen LogP contribution in [0.4, 0.5) is 0 Å². The van der Waals surface area contributed by atoms with Gasteiger partial charge in [0.1, 0.15) is 0 Å². The summed E-state index contributed by atoms with van der Waals surface area (Å²) in [6, 6.07) is 2.10. The van der Waals surface area contributed by atoms with Crippen LogP contribution >= 0.6 is 0 Å². The monoisotopic (exact) mass is 211 g/mol. The first-order valence-corrected chi connectivity index (χ1v) is 5.55. The lowest BCUT2D eigenvalue weighted by Gasteiger charge is -2.07. The molecule has 0 aliphatic rings. The minimum Gasteiger partial charge on any atom is -0.393 e. The molecule has 4 nitrogen and oxygen atoms in total. The third-order valence-corrected chi connectivity index (χ3v) is 2.33. The molecule has 1 rings (SSSR count).